The molecule has 0 radical (unpaired) electrons. The summed E-state index contributed by atoms with van der Waals surface area (Å²) in [5, 5.41) is 10.7. The molecule has 104 valence electrons. The Bertz CT molecular complexity index is 665. The van der Waals surface area contributed by atoms with E-state index in [1.165, 1.54) is 31.6 Å². The van der Waals surface area contributed by atoms with Gasteiger partial charge in [0.15, 0.2) is 16.7 Å². The minimum Gasteiger partial charge on any atom is -0.493 e. The highest BCUT2D eigenvalue weighted by atomic mass is 35.5. The lowest BCUT2D eigenvalue weighted by Gasteiger charge is -2.10. The number of nitro groups is 1. The molecule has 1 heterocycles. The van der Waals surface area contributed by atoms with Crippen LogP contribution in [-0.4, -0.2) is 22.0 Å². The smallest absolute Gasteiger partial charge is 0.273 e. The molecule has 0 spiro atoms. The quantitative estimate of drug-likeness (QED) is 0.523. The molecule has 1 aromatic carbocycles. The van der Waals surface area contributed by atoms with Crippen LogP contribution in [0.15, 0.2) is 24.5 Å². The maximum Gasteiger partial charge on any atom is 0.273 e. The number of rotatable bonds is 4. The Morgan fingerprint density at radius 3 is 2.75 bits per heavy atom. The third-order valence-corrected chi connectivity index (χ3v) is 2.66. The first-order valence-corrected chi connectivity index (χ1v) is 5.67. The van der Waals surface area contributed by atoms with E-state index in [0.717, 1.165) is 0 Å². The van der Waals surface area contributed by atoms with Gasteiger partial charge in [-0.15, -0.1) is 0 Å². The second kappa shape index (κ2) is 5.57. The van der Waals surface area contributed by atoms with Crippen molar-refractivity contribution < 1.29 is 14.4 Å². The standard InChI is InChI=1S/C11H9ClN4O4/c1-19-8-4-6(16(17)18)2-3-7(8)20-11-9(13)10(12)14-5-15-11/h2-5H,13H2,1H3. The number of aromatic nitrogens is 2. The van der Waals surface area contributed by atoms with Crippen molar-refractivity contribution in [2.45, 2.75) is 0 Å². The topological polar surface area (TPSA) is 113 Å². The molecule has 0 saturated heterocycles. The molecule has 8 nitrogen and oxygen atoms in total. The summed E-state index contributed by atoms with van der Waals surface area (Å²) in [7, 11) is 1.36. The minimum atomic E-state index is -0.539. The van der Waals surface area contributed by atoms with Gasteiger partial charge in [0.25, 0.3) is 5.69 Å². The number of halogens is 1. The van der Waals surface area contributed by atoms with Crippen LogP contribution in [0.3, 0.4) is 0 Å². The number of nitrogen functional groups attached to an aromatic ring is 1. The number of nitrogens with two attached hydrogens (primary N) is 1. The fraction of sp³-hybridized carbons (Fsp3) is 0.0909. The van der Waals surface area contributed by atoms with Gasteiger partial charge in [-0.25, -0.2) is 4.98 Å². The van der Waals surface area contributed by atoms with Crippen molar-refractivity contribution in [3.8, 4) is 17.4 Å². The van der Waals surface area contributed by atoms with E-state index >= 15 is 0 Å². The average molecular weight is 297 g/mol. The van der Waals surface area contributed by atoms with E-state index in [2.05, 4.69) is 9.97 Å². The first-order chi connectivity index (χ1) is 9.52. The van der Waals surface area contributed by atoms with Gasteiger partial charge in [-0.2, -0.15) is 4.98 Å². The second-order valence-corrected chi connectivity index (χ2v) is 3.94. The van der Waals surface area contributed by atoms with E-state index in [1.807, 2.05) is 0 Å². The highest BCUT2D eigenvalue weighted by Gasteiger charge is 2.15. The van der Waals surface area contributed by atoms with Gasteiger partial charge in [0.1, 0.15) is 12.0 Å². The van der Waals surface area contributed by atoms with Crippen LogP contribution in [0.4, 0.5) is 11.4 Å². The van der Waals surface area contributed by atoms with Crippen molar-refractivity contribution in [3.05, 3.63) is 39.8 Å². The SMILES string of the molecule is COc1cc([N+](=O)[O-])ccc1Oc1ncnc(Cl)c1N. The maximum absolute atomic E-state index is 10.7. The monoisotopic (exact) mass is 296 g/mol. The molecular weight excluding hydrogens is 288 g/mol. The molecule has 0 aliphatic carbocycles. The van der Waals surface area contributed by atoms with Gasteiger partial charge >= 0.3 is 0 Å². The van der Waals surface area contributed by atoms with Gasteiger partial charge in [-0.1, -0.05) is 11.6 Å². The van der Waals surface area contributed by atoms with E-state index in [4.69, 9.17) is 26.8 Å². The summed E-state index contributed by atoms with van der Waals surface area (Å²) in [5.41, 5.74) is 5.61. The molecule has 9 heteroatoms. The van der Waals surface area contributed by atoms with Crippen LogP contribution in [0.2, 0.25) is 5.15 Å². The Hall–Kier alpha value is -2.61. The summed E-state index contributed by atoms with van der Waals surface area (Å²) >= 11 is 5.74. The van der Waals surface area contributed by atoms with Crippen molar-refractivity contribution in [1.82, 2.24) is 9.97 Å². The number of benzene rings is 1. The van der Waals surface area contributed by atoms with Crippen LogP contribution in [0.1, 0.15) is 0 Å². The van der Waals surface area contributed by atoms with Gasteiger partial charge < -0.3 is 15.2 Å². The van der Waals surface area contributed by atoms with Crippen LogP contribution in [0, 0.1) is 10.1 Å². The minimum absolute atomic E-state index is 0.0390. The normalized spacial score (nSPS) is 10.1. The summed E-state index contributed by atoms with van der Waals surface area (Å²) in [5.74, 6) is 0.435. The number of hydrogen-bond donors (Lipinski definition) is 1. The lowest BCUT2D eigenvalue weighted by Crippen LogP contribution is -1.99. The number of hydrogen-bond acceptors (Lipinski definition) is 7. The lowest BCUT2D eigenvalue weighted by molar-refractivity contribution is -0.384. The van der Waals surface area contributed by atoms with Gasteiger partial charge in [-0.05, 0) is 6.07 Å². The summed E-state index contributed by atoms with van der Waals surface area (Å²) in [4.78, 5) is 17.7. The van der Waals surface area contributed by atoms with Gasteiger partial charge in [0.2, 0.25) is 5.88 Å². The number of non-ortho nitro benzene ring substituents is 1. The number of nitro benzene ring substituents is 1. The molecule has 0 aliphatic rings. The van der Waals surface area contributed by atoms with Crippen LogP contribution in [0.25, 0.3) is 0 Å². The van der Waals surface area contributed by atoms with Gasteiger partial charge in [0.05, 0.1) is 18.1 Å². The first-order valence-electron chi connectivity index (χ1n) is 5.29. The molecule has 2 rings (SSSR count). The molecule has 20 heavy (non-hydrogen) atoms. The summed E-state index contributed by atoms with van der Waals surface area (Å²) in [6.07, 6.45) is 1.19. The molecule has 0 fully saturated rings. The number of nitrogens with zero attached hydrogens (tertiary/aromatic N) is 3. The molecular formula is C11H9ClN4O4. The van der Waals surface area contributed by atoms with Crippen molar-refractivity contribution in [1.29, 1.82) is 0 Å². The second-order valence-electron chi connectivity index (χ2n) is 3.58. The van der Waals surface area contributed by atoms with Crippen LogP contribution in [0.5, 0.6) is 17.4 Å². The predicted octanol–water partition coefficient (Wildman–Crippen LogP) is 2.42. The Morgan fingerprint density at radius 2 is 2.10 bits per heavy atom. The lowest BCUT2D eigenvalue weighted by atomic mass is 10.3. The maximum atomic E-state index is 10.7. The molecule has 0 saturated carbocycles. The molecule has 2 N–H and O–H groups in total. The van der Waals surface area contributed by atoms with Crippen LogP contribution in [-0.2, 0) is 0 Å². The third-order valence-electron chi connectivity index (χ3n) is 2.36. The summed E-state index contributed by atoms with van der Waals surface area (Å²) < 4.78 is 10.5. The fourth-order valence-electron chi connectivity index (χ4n) is 1.40. The van der Waals surface area contributed by atoms with Gasteiger partial charge in [-0.3, -0.25) is 10.1 Å². The Kier molecular flexibility index (Phi) is 3.85. The largest absolute Gasteiger partial charge is 0.493 e. The van der Waals surface area contributed by atoms with E-state index in [-0.39, 0.29) is 33.9 Å². The zero-order chi connectivity index (χ0) is 14.7. The number of anilines is 1. The van der Waals surface area contributed by atoms with Crippen molar-refractivity contribution >= 4 is 23.0 Å². The van der Waals surface area contributed by atoms with E-state index in [9.17, 15) is 10.1 Å². The Morgan fingerprint density at radius 1 is 1.35 bits per heavy atom. The third kappa shape index (κ3) is 2.69. The van der Waals surface area contributed by atoms with E-state index in [0.29, 0.717) is 0 Å². The number of ether oxygens (including phenoxy) is 2. The van der Waals surface area contributed by atoms with E-state index in [1.54, 1.807) is 0 Å². The Balaban J connectivity index is 2.38. The summed E-state index contributed by atoms with van der Waals surface area (Å²) in [6, 6.07) is 3.89. The highest BCUT2D eigenvalue weighted by molar-refractivity contribution is 6.32. The van der Waals surface area contributed by atoms with Crippen molar-refractivity contribution in [3.63, 3.8) is 0 Å². The average Bonchev–Trinajstić information content (AvgIpc) is 2.44. The molecule has 0 atom stereocenters. The fourth-order valence-corrected chi connectivity index (χ4v) is 1.52. The zero-order valence-corrected chi connectivity index (χ0v) is 11.0. The van der Waals surface area contributed by atoms with E-state index < -0.39 is 4.92 Å². The highest BCUT2D eigenvalue weighted by Crippen LogP contribution is 2.36. The summed E-state index contributed by atoms with van der Waals surface area (Å²) in [6.45, 7) is 0. The molecule has 2 aromatic rings. The van der Waals surface area contributed by atoms with Crippen LogP contribution < -0.4 is 15.2 Å². The molecule has 0 amide bonds. The zero-order valence-electron chi connectivity index (χ0n) is 10.2. The Labute approximate surface area is 118 Å². The molecule has 0 bridgehead atoms. The van der Waals surface area contributed by atoms with Crippen LogP contribution >= 0.6 is 11.6 Å². The molecule has 1 aromatic heterocycles. The number of methoxy groups -OCH3 is 1. The first kappa shape index (κ1) is 13.8. The molecule has 0 aliphatic heterocycles. The van der Waals surface area contributed by atoms with Crippen molar-refractivity contribution in [2.75, 3.05) is 12.8 Å². The predicted molar refractivity (Wildman–Crippen MR) is 71.2 cm³/mol. The van der Waals surface area contributed by atoms with Crippen molar-refractivity contribution in [2.24, 2.45) is 0 Å². The van der Waals surface area contributed by atoms with Gasteiger partial charge in [0, 0.05) is 6.07 Å². The molecule has 0 unspecified atom stereocenters.